The predicted octanol–water partition coefficient (Wildman–Crippen LogP) is 1.59. The van der Waals surface area contributed by atoms with Crippen LogP contribution in [0.4, 0.5) is 0 Å². The first-order valence-corrected chi connectivity index (χ1v) is 7.74. The van der Waals surface area contributed by atoms with Gasteiger partial charge in [-0.3, -0.25) is 0 Å². The summed E-state index contributed by atoms with van der Waals surface area (Å²) < 4.78 is 0. The van der Waals surface area contributed by atoms with E-state index in [0.29, 0.717) is 6.61 Å². The molecule has 0 radical (unpaired) electrons. The number of hydrogen-bond donors (Lipinski definition) is 2. The molecule has 1 rings (SSSR count). The molecule has 0 bridgehead atoms. The van der Waals surface area contributed by atoms with Crippen LogP contribution in [-0.4, -0.2) is 47.3 Å². The molecule has 84 valence electrons. The number of rotatable bonds is 7. The van der Waals surface area contributed by atoms with Crippen LogP contribution in [0.3, 0.4) is 0 Å². The standard InChI is InChI=1S/C10H21NOS2/c12-5-1-6-13-9-4-11-10-2-7-14-8-3-10/h10-12H,1-9H2. The fraction of sp³-hybridized carbons (Fsp3) is 1.00. The number of thioether (sulfide) groups is 2. The second-order valence-corrected chi connectivity index (χ2v) is 5.98. The molecule has 0 unspecified atom stereocenters. The van der Waals surface area contributed by atoms with Crippen molar-refractivity contribution in [3.8, 4) is 0 Å². The van der Waals surface area contributed by atoms with Gasteiger partial charge in [-0.1, -0.05) is 0 Å². The van der Waals surface area contributed by atoms with Gasteiger partial charge in [0.2, 0.25) is 0 Å². The van der Waals surface area contributed by atoms with Crippen molar-refractivity contribution in [1.29, 1.82) is 0 Å². The Morgan fingerprint density at radius 1 is 1.29 bits per heavy atom. The maximum Gasteiger partial charge on any atom is 0.0438 e. The van der Waals surface area contributed by atoms with Crippen LogP contribution in [0.15, 0.2) is 0 Å². The maximum absolute atomic E-state index is 8.60. The molecule has 14 heavy (non-hydrogen) atoms. The maximum atomic E-state index is 8.60. The van der Waals surface area contributed by atoms with Crippen molar-refractivity contribution in [3.63, 3.8) is 0 Å². The molecule has 0 spiro atoms. The molecule has 0 amide bonds. The molecule has 1 aliphatic heterocycles. The topological polar surface area (TPSA) is 32.3 Å². The highest BCUT2D eigenvalue weighted by Gasteiger charge is 2.11. The van der Waals surface area contributed by atoms with Gasteiger partial charge in [-0.25, -0.2) is 0 Å². The summed E-state index contributed by atoms with van der Waals surface area (Å²) in [7, 11) is 0. The number of nitrogens with one attached hydrogen (secondary N) is 1. The lowest BCUT2D eigenvalue weighted by molar-refractivity contribution is 0.296. The van der Waals surface area contributed by atoms with Crippen molar-refractivity contribution in [2.75, 3.05) is 36.2 Å². The second kappa shape index (κ2) is 8.89. The van der Waals surface area contributed by atoms with Gasteiger partial charge in [0.25, 0.3) is 0 Å². The molecule has 1 saturated heterocycles. The normalized spacial score (nSPS) is 18.6. The summed E-state index contributed by atoms with van der Waals surface area (Å²) >= 11 is 4.01. The lowest BCUT2D eigenvalue weighted by Gasteiger charge is -2.22. The van der Waals surface area contributed by atoms with Crippen molar-refractivity contribution in [1.82, 2.24) is 5.32 Å². The number of aliphatic hydroxyl groups is 1. The highest BCUT2D eigenvalue weighted by molar-refractivity contribution is 7.99. The minimum absolute atomic E-state index is 0.334. The van der Waals surface area contributed by atoms with E-state index in [1.165, 1.54) is 30.1 Å². The molecular weight excluding hydrogens is 214 g/mol. The van der Waals surface area contributed by atoms with Gasteiger partial charge in [0.05, 0.1) is 0 Å². The summed E-state index contributed by atoms with van der Waals surface area (Å²) in [5.41, 5.74) is 0. The largest absolute Gasteiger partial charge is 0.396 e. The zero-order valence-electron chi connectivity index (χ0n) is 8.71. The van der Waals surface area contributed by atoms with Crippen LogP contribution in [0, 0.1) is 0 Å². The van der Waals surface area contributed by atoms with Crippen LogP contribution in [-0.2, 0) is 0 Å². The van der Waals surface area contributed by atoms with Crippen LogP contribution in [0.5, 0.6) is 0 Å². The fourth-order valence-electron chi connectivity index (χ4n) is 1.51. The van der Waals surface area contributed by atoms with Gasteiger partial charge < -0.3 is 10.4 Å². The fourth-order valence-corrected chi connectivity index (χ4v) is 3.41. The van der Waals surface area contributed by atoms with E-state index in [0.717, 1.165) is 24.8 Å². The lowest BCUT2D eigenvalue weighted by Crippen LogP contribution is -2.34. The summed E-state index contributed by atoms with van der Waals surface area (Å²) in [5.74, 6) is 4.94. The van der Waals surface area contributed by atoms with Crippen LogP contribution in [0.1, 0.15) is 19.3 Å². The van der Waals surface area contributed by atoms with Gasteiger partial charge >= 0.3 is 0 Å². The van der Waals surface area contributed by atoms with Crippen molar-refractivity contribution in [3.05, 3.63) is 0 Å². The molecule has 0 aromatic rings. The summed E-state index contributed by atoms with van der Waals surface area (Å²) in [6.07, 6.45) is 3.61. The molecule has 1 fully saturated rings. The minimum atomic E-state index is 0.334. The molecule has 0 saturated carbocycles. The Kier molecular flexibility index (Phi) is 8.06. The van der Waals surface area contributed by atoms with Crippen LogP contribution >= 0.6 is 23.5 Å². The third kappa shape index (κ3) is 6.17. The Hall–Kier alpha value is 0.620. The Bertz CT molecular complexity index is 129. The second-order valence-electron chi connectivity index (χ2n) is 3.53. The Labute approximate surface area is 95.6 Å². The number of hydrogen-bond acceptors (Lipinski definition) is 4. The van der Waals surface area contributed by atoms with Gasteiger partial charge in [0.15, 0.2) is 0 Å². The molecule has 2 N–H and O–H groups in total. The highest BCUT2D eigenvalue weighted by Crippen LogP contribution is 2.16. The van der Waals surface area contributed by atoms with E-state index < -0.39 is 0 Å². The number of aliphatic hydroxyl groups excluding tert-OH is 1. The Morgan fingerprint density at radius 3 is 2.79 bits per heavy atom. The first kappa shape index (κ1) is 12.7. The van der Waals surface area contributed by atoms with E-state index in [1.807, 2.05) is 11.8 Å². The molecule has 0 aromatic carbocycles. The third-order valence-corrected chi connectivity index (χ3v) is 4.47. The van der Waals surface area contributed by atoms with E-state index >= 15 is 0 Å². The van der Waals surface area contributed by atoms with E-state index in [9.17, 15) is 0 Å². The van der Waals surface area contributed by atoms with Crippen LogP contribution in [0.2, 0.25) is 0 Å². The molecule has 1 aliphatic rings. The highest BCUT2D eigenvalue weighted by atomic mass is 32.2. The summed E-state index contributed by atoms with van der Waals surface area (Å²) in [6, 6.07) is 0.773. The van der Waals surface area contributed by atoms with Gasteiger partial charge in [-0.15, -0.1) is 0 Å². The zero-order valence-corrected chi connectivity index (χ0v) is 10.3. The molecule has 0 atom stereocenters. The SMILES string of the molecule is OCCCSCCNC1CCSCC1. The molecule has 2 nitrogen and oxygen atoms in total. The summed E-state index contributed by atoms with van der Waals surface area (Å²) in [6.45, 7) is 1.46. The average Bonchev–Trinajstić information content (AvgIpc) is 2.25. The third-order valence-electron chi connectivity index (χ3n) is 2.35. The minimum Gasteiger partial charge on any atom is -0.396 e. The molecule has 4 heteroatoms. The van der Waals surface area contributed by atoms with Crippen molar-refractivity contribution in [2.45, 2.75) is 25.3 Å². The van der Waals surface area contributed by atoms with Crippen LogP contribution < -0.4 is 5.32 Å². The van der Waals surface area contributed by atoms with Gasteiger partial charge in [-0.05, 0) is 36.5 Å². The summed E-state index contributed by atoms with van der Waals surface area (Å²) in [4.78, 5) is 0. The predicted molar refractivity (Wildman–Crippen MR) is 67.4 cm³/mol. The smallest absolute Gasteiger partial charge is 0.0438 e. The molecule has 0 aliphatic carbocycles. The molecule has 0 aromatic heterocycles. The van der Waals surface area contributed by atoms with Crippen molar-refractivity contribution >= 4 is 23.5 Å². The van der Waals surface area contributed by atoms with Crippen molar-refractivity contribution < 1.29 is 5.11 Å². The monoisotopic (exact) mass is 235 g/mol. The van der Waals surface area contributed by atoms with Crippen molar-refractivity contribution in [2.24, 2.45) is 0 Å². The summed E-state index contributed by atoms with van der Waals surface area (Å²) in [5, 5.41) is 12.2. The van der Waals surface area contributed by atoms with E-state index in [1.54, 1.807) is 0 Å². The quantitative estimate of drug-likeness (QED) is 0.656. The Morgan fingerprint density at radius 2 is 2.07 bits per heavy atom. The molecular formula is C10H21NOS2. The lowest BCUT2D eigenvalue weighted by atomic mass is 10.1. The Balaban J connectivity index is 1.82. The first-order chi connectivity index (χ1) is 6.93. The van der Waals surface area contributed by atoms with E-state index in [2.05, 4.69) is 17.1 Å². The molecule has 1 heterocycles. The first-order valence-electron chi connectivity index (χ1n) is 5.43. The zero-order chi connectivity index (χ0) is 10.1. The van der Waals surface area contributed by atoms with Gasteiger partial charge in [0.1, 0.15) is 0 Å². The van der Waals surface area contributed by atoms with E-state index in [-0.39, 0.29) is 0 Å². The van der Waals surface area contributed by atoms with Gasteiger partial charge in [-0.2, -0.15) is 23.5 Å². The van der Waals surface area contributed by atoms with Gasteiger partial charge in [0, 0.05) is 24.9 Å². The average molecular weight is 235 g/mol. The van der Waals surface area contributed by atoms with E-state index in [4.69, 9.17) is 5.11 Å². The van der Waals surface area contributed by atoms with Crippen LogP contribution in [0.25, 0.3) is 0 Å².